The molecule has 0 bridgehead atoms. The molecule has 0 saturated carbocycles. The molecule has 78 valence electrons. The highest BCUT2D eigenvalue weighted by Crippen LogP contribution is 2.30. The summed E-state index contributed by atoms with van der Waals surface area (Å²) < 4.78 is 3.25. The lowest BCUT2D eigenvalue weighted by Gasteiger charge is -2.22. The van der Waals surface area contributed by atoms with Crippen molar-refractivity contribution in [1.82, 2.24) is 9.55 Å². The number of fused-ring (bicyclic) bond motifs is 1. The first-order valence-corrected chi connectivity index (χ1v) is 6.03. The predicted octanol–water partition coefficient (Wildman–Crippen LogP) is 2.39. The smallest absolute Gasteiger partial charge is 0.129 e. The van der Waals surface area contributed by atoms with Gasteiger partial charge < -0.3 is 10.3 Å². The molecule has 0 fully saturated rings. The maximum absolute atomic E-state index is 6.07. The summed E-state index contributed by atoms with van der Waals surface area (Å²) >= 11 is 3.50. The molecule has 0 spiro atoms. The highest BCUT2D eigenvalue weighted by Gasteiger charge is 2.23. The van der Waals surface area contributed by atoms with E-state index in [1.807, 2.05) is 0 Å². The van der Waals surface area contributed by atoms with Gasteiger partial charge in [-0.15, -0.1) is 0 Å². The van der Waals surface area contributed by atoms with Crippen LogP contribution in [0.15, 0.2) is 4.60 Å². The number of nitrogens with two attached hydrogens (primary N) is 1. The van der Waals surface area contributed by atoms with Gasteiger partial charge in [0.25, 0.3) is 0 Å². The quantitative estimate of drug-likeness (QED) is 0.885. The number of aryl methyl sites for hydroxylation is 1. The molecule has 3 nitrogen and oxygen atoms in total. The third-order valence-electron chi connectivity index (χ3n) is 2.76. The Morgan fingerprint density at radius 2 is 2.43 bits per heavy atom. The van der Waals surface area contributed by atoms with Gasteiger partial charge in [0.05, 0.1) is 5.69 Å². The van der Waals surface area contributed by atoms with Crippen molar-refractivity contribution in [2.24, 2.45) is 5.73 Å². The topological polar surface area (TPSA) is 43.8 Å². The molecule has 2 heterocycles. The van der Waals surface area contributed by atoms with Crippen molar-refractivity contribution in [2.75, 3.05) is 0 Å². The molecule has 4 heteroatoms. The molecule has 1 aliphatic rings. The summed E-state index contributed by atoms with van der Waals surface area (Å²) in [6.07, 6.45) is 4.44. The molecule has 1 atom stereocenters. The van der Waals surface area contributed by atoms with Crippen molar-refractivity contribution in [1.29, 1.82) is 0 Å². The minimum Gasteiger partial charge on any atom is -0.330 e. The van der Waals surface area contributed by atoms with E-state index in [4.69, 9.17) is 5.73 Å². The Hall–Kier alpha value is -0.350. The summed E-state index contributed by atoms with van der Waals surface area (Å²) in [6, 6.07) is 0.163. The molecule has 1 aliphatic heterocycles. The predicted molar refractivity (Wildman–Crippen MR) is 60.1 cm³/mol. The lowest BCUT2D eigenvalue weighted by molar-refractivity contribution is 0.450. The van der Waals surface area contributed by atoms with Crippen LogP contribution in [0.3, 0.4) is 0 Å². The van der Waals surface area contributed by atoms with Gasteiger partial charge in [-0.1, -0.05) is 6.92 Å². The summed E-state index contributed by atoms with van der Waals surface area (Å²) in [6.45, 7) is 3.26. The van der Waals surface area contributed by atoms with E-state index in [1.54, 1.807) is 0 Å². The summed E-state index contributed by atoms with van der Waals surface area (Å²) in [5, 5.41) is 0. The Morgan fingerprint density at radius 3 is 3.14 bits per heavy atom. The monoisotopic (exact) mass is 257 g/mol. The Labute approximate surface area is 92.8 Å². The van der Waals surface area contributed by atoms with E-state index in [-0.39, 0.29) is 6.04 Å². The van der Waals surface area contributed by atoms with Crippen LogP contribution in [0, 0.1) is 0 Å². The minimum absolute atomic E-state index is 0.163. The van der Waals surface area contributed by atoms with Gasteiger partial charge in [0.15, 0.2) is 0 Å². The normalized spacial score (nSPS) is 20.9. The van der Waals surface area contributed by atoms with Crippen LogP contribution < -0.4 is 5.73 Å². The maximum atomic E-state index is 6.07. The van der Waals surface area contributed by atoms with Gasteiger partial charge in [-0.25, -0.2) is 4.98 Å². The molecule has 0 aliphatic carbocycles. The lowest BCUT2D eigenvalue weighted by atomic mass is 10.1. The number of imidazole rings is 1. The molecule has 14 heavy (non-hydrogen) atoms. The highest BCUT2D eigenvalue weighted by atomic mass is 79.9. The van der Waals surface area contributed by atoms with E-state index in [0.717, 1.165) is 30.4 Å². The zero-order valence-corrected chi connectivity index (χ0v) is 10.0. The maximum Gasteiger partial charge on any atom is 0.129 e. The summed E-state index contributed by atoms with van der Waals surface area (Å²) in [7, 11) is 0. The number of rotatable bonds is 2. The van der Waals surface area contributed by atoms with Crippen molar-refractivity contribution in [3.63, 3.8) is 0 Å². The van der Waals surface area contributed by atoms with E-state index in [1.165, 1.54) is 17.9 Å². The first-order chi connectivity index (χ1) is 6.74. The number of aromatic nitrogens is 2. The third kappa shape index (κ3) is 1.61. The number of hydrogen-bond acceptors (Lipinski definition) is 2. The van der Waals surface area contributed by atoms with Crippen molar-refractivity contribution in [3.8, 4) is 0 Å². The van der Waals surface area contributed by atoms with E-state index in [0.29, 0.717) is 0 Å². The van der Waals surface area contributed by atoms with Gasteiger partial charge >= 0.3 is 0 Å². The molecule has 0 amide bonds. The van der Waals surface area contributed by atoms with Gasteiger partial charge in [0.2, 0.25) is 0 Å². The van der Waals surface area contributed by atoms with Gasteiger partial charge in [-0.3, -0.25) is 0 Å². The Kier molecular flexibility index (Phi) is 2.93. The minimum atomic E-state index is 0.163. The van der Waals surface area contributed by atoms with Gasteiger partial charge in [0, 0.05) is 19.0 Å². The SMILES string of the molecule is CCCc1nc(Br)c2n1CCCC2N. The summed E-state index contributed by atoms with van der Waals surface area (Å²) in [5.74, 6) is 1.18. The van der Waals surface area contributed by atoms with Gasteiger partial charge in [-0.05, 0) is 35.2 Å². The van der Waals surface area contributed by atoms with E-state index in [2.05, 4.69) is 32.4 Å². The highest BCUT2D eigenvalue weighted by molar-refractivity contribution is 9.10. The zero-order chi connectivity index (χ0) is 10.1. The molecular formula is C10H16BrN3. The van der Waals surface area contributed by atoms with Crippen LogP contribution in [0.1, 0.15) is 43.7 Å². The molecule has 0 aromatic carbocycles. The van der Waals surface area contributed by atoms with Crippen molar-refractivity contribution < 1.29 is 0 Å². The van der Waals surface area contributed by atoms with Crippen LogP contribution in [-0.4, -0.2) is 9.55 Å². The molecule has 2 N–H and O–H groups in total. The largest absolute Gasteiger partial charge is 0.330 e. The standard InChI is InChI=1S/C10H16BrN3/c1-2-4-8-13-10(11)9-7(12)5-3-6-14(8)9/h7H,2-6,12H2,1H3. The summed E-state index contributed by atoms with van der Waals surface area (Å²) in [5.41, 5.74) is 7.26. The average molecular weight is 258 g/mol. The van der Waals surface area contributed by atoms with E-state index in [9.17, 15) is 0 Å². The molecule has 1 unspecified atom stereocenters. The van der Waals surface area contributed by atoms with E-state index < -0.39 is 0 Å². The molecule has 1 aromatic heterocycles. The van der Waals surface area contributed by atoms with Crippen molar-refractivity contribution in [3.05, 3.63) is 16.1 Å². The third-order valence-corrected chi connectivity index (χ3v) is 3.35. The fourth-order valence-electron chi connectivity index (χ4n) is 2.10. The average Bonchev–Trinajstić information content (AvgIpc) is 2.46. The second-order valence-electron chi connectivity index (χ2n) is 3.85. The molecule has 2 rings (SSSR count). The second kappa shape index (κ2) is 4.03. The van der Waals surface area contributed by atoms with Crippen LogP contribution in [0.5, 0.6) is 0 Å². The second-order valence-corrected chi connectivity index (χ2v) is 4.61. The Balaban J connectivity index is 2.41. The van der Waals surface area contributed by atoms with Crippen molar-refractivity contribution in [2.45, 2.75) is 45.2 Å². The van der Waals surface area contributed by atoms with Crippen LogP contribution >= 0.6 is 15.9 Å². The van der Waals surface area contributed by atoms with Gasteiger partial charge in [-0.2, -0.15) is 0 Å². The fraction of sp³-hybridized carbons (Fsp3) is 0.700. The van der Waals surface area contributed by atoms with Crippen molar-refractivity contribution >= 4 is 15.9 Å². The first kappa shape index (κ1) is 10.2. The molecule has 0 radical (unpaired) electrons. The Morgan fingerprint density at radius 1 is 1.64 bits per heavy atom. The van der Waals surface area contributed by atoms with Crippen LogP contribution in [0.2, 0.25) is 0 Å². The Bertz CT molecular complexity index is 332. The molecular weight excluding hydrogens is 242 g/mol. The molecule has 0 saturated heterocycles. The van der Waals surface area contributed by atoms with Crippen LogP contribution in [0.4, 0.5) is 0 Å². The number of halogens is 1. The van der Waals surface area contributed by atoms with E-state index >= 15 is 0 Å². The first-order valence-electron chi connectivity index (χ1n) is 5.24. The summed E-state index contributed by atoms with van der Waals surface area (Å²) in [4.78, 5) is 4.53. The zero-order valence-electron chi connectivity index (χ0n) is 8.46. The number of nitrogens with zero attached hydrogens (tertiary/aromatic N) is 2. The lowest BCUT2D eigenvalue weighted by Crippen LogP contribution is -2.22. The fourth-order valence-corrected chi connectivity index (χ4v) is 2.82. The molecule has 1 aromatic rings. The van der Waals surface area contributed by atoms with Crippen LogP contribution in [-0.2, 0) is 13.0 Å². The number of hydrogen-bond donors (Lipinski definition) is 1. The van der Waals surface area contributed by atoms with Gasteiger partial charge in [0.1, 0.15) is 10.4 Å². The van der Waals surface area contributed by atoms with Crippen LogP contribution in [0.25, 0.3) is 0 Å².